The second-order valence-electron chi connectivity index (χ2n) is 7.79. The van der Waals surface area contributed by atoms with E-state index in [1.54, 1.807) is 12.1 Å². The van der Waals surface area contributed by atoms with Gasteiger partial charge in [0.25, 0.3) is 0 Å². The summed E-state index contributed by atoms with van der Waals surface area (Å²) in [6, 6.07) is 7.16. The topological polar surface area (TPSA) is 39.7 Å². The SMILES string of the molecule is CCCN1CCC(CNC(=NCC2(c3ccccc3F)CC2)NCC)C1. The highest BCUT2D eigenvalue weighted by Gasteiger charge is 2.45. The molecule has 1 atom stereocenters. The molecule has 0 radical (unpaired) electrons. The molecular formula is C21H33FN4. The summed E-state index contributed by atoms with van der Waals surface area (Å²) in [7, 11) is 0. The van der Waals surface area contributed by atoms with Crippen LogP contribution < -0.4 is 10.6 Å². The van der Waals surface area contributed by atoms with E-state index >= 15 is 0 Å². The van der Waals surface area contributed by atoms with E-state index in [1.165, 1.54) is 32.5 Å². The van der Waals surface area contributed by atoms with Crippen LogP contribution in [0.5, 0.6) is 0 Å². The third-order valence-corrected chi connectivity index (χ3v) is 5.65. The van der Waals surface area contributed by atoms with E-state index < -0.39 is 0 Å². The number of likely N-dealkylation sites (tertiary alicyclic amines) is 1. The lowest BCUT2D eigenvalue weighted by molar-refractivity contribution is 0.324. The van der Waals surface area contributed by atoms with E-state index in [1.807, 2.05) is 12.1 Å². The van der Waals surface area contributed by atoms with Gasteiger partial charge in [0.05, 0.1) is 6.54 Å². The highest BCUT2D eigenvalue weighted by Crippen LogP contribution is 2.49. The van der Waals surface area contributed by atoms with Crippen LogP contribution in [-0.2, 0) is 5.41 Å². The van der Waals surface area contributed by atoms with Gasteiger partial charge in [0.15, 0.2) is 5.96 Å². The molecule has 144 valence electrons. The predicted octanol–water partition coefficient (Wildman–Crippen LogP) is 3.14. The Balaban J connectivity index is 1.55. The van der Waals surface area contributed by atoms with Crippen molar-refractivity contribution in [3.8, 4) is 0 Å². The molecule has 1 aromatic carbocycles. The minimum absolute atomic E-state index is 0.0971. The third kappa shape index (κ3) is 4.76. The summed E-state index contributed by atoms with van der Waals surface area (Å²) in [5, 5.41) is 6.85. The molecule has 0 aromatic heterocycles. The van der Waals surface area contributed by atoms with Crippen molar-refractivity contribution in [3.63, 3.8) is 0 Å². The van der Waals surface area contributed by atoms with Gasteiger partial charge in [0.1, 0.15) is 5.82 Å². The maximum Gasteiger partial charge on any atom is 0.191 e. The fourth-order valence-electron chi connectivity index (χ4n) is 3.97. The molecule has 5 heteroatoms. The highest BCUT2D eigenvalue weighted by molar-refractivity contribution is 5.79. The lowest BCUT2D eigenvalue weighted by Gasteiger charge is -2.18. The molecule has 1 aliphatic carbocycles. The predicted molar refractivity (Wildman–Crippen MR) is 106 cm³/mol. The molecule has 1 saturated carbocycles. The van der Waals surface area contributed by atoms with Crippen molar-refractivity contribution in [3.05, 3.63) is 35.6 Å². The summed E-state index contributed by atoms with van der Waals surface area (Å²) < 4.78 is 14.2. The summed E-state index contributed by atoms with van der Waals surface area (Å²) in [6.07, 6.45) is 4.52. The maximum atomic E-state index is 14.2. The molecule has 4 nitrogen and oxygen atoms in total. The summed E-state index contributed by atoms with van der Waals surface area (Å²) in [5.41, 5.74) is 0.726. The van der Waals surface area contributed by atoms with Crippen LogP contribution in [0.2, 0.25) is 0 Å². The van der Waals surface area contributed by atoms with Gasteiger partial charge in [0, 0.05) is 25.0 Å². The lowest BCUT2D eigenvalue weighted by Crippen LogP contribution is -2.40. The number of hydrogen-bond acceptors (Lipinski definition) is 2. The van der Waals surface area contributed by atoms with Gasteiger partial charge in [-0.05, 0) is 63.2 Å². The average molecular weight is 361 g/mol. The van der Waals surface area contributed by atoms with Crippen molar-refractivity contribution in [2.24, 2.45) is 10.9 Å². The number of nitrogens with one attached hydrogen (secondary N) is 2. The molecule has 2 aliphatic rings. The van der Waals surface area contributed by atoms with Gasteiger partial charge in [-0.2, -0.15) is 0 Å². The Labute approximate surface area is 157 Å². The number of rotatable bonds is 8. The molecule has 1 unspecified atom stereocenters. The normalized spacial score (nSPS) is 22.4. The Morgan fingerprint density at radius 3 is 2.77 bits per heavy atom. The van der Waals surface area contributed by atoms with Crippen molar-refractivity contribution in [1.29, 1.82) is 0 Å². The molecule has 2 N–H and O–H groups in total. The van der Waals surface area contributed by atoms with Crippen LogP contribution in [0, 0.1) is 11.7 Å². The smallest absolute Gasteiger partial charge is 0.191 e. The summed E-state index contributed by atoms with van der Waals surface area (Å²) in [6.45, 7) is 10.4. The lowest BCUT2D eigenvalue weighted by atomic mass is 9.95. The monoisotopic (exact) mass is 360 g/mol. The molecule has 0 spiro atoms. The van der Waals surface area contributed by atoms with Crippen molar-refractivity contribution in [2.75, 3.05) is 39.3 Å². The van der Waals surface area contributed by atoms with Crippen molar-refractivity contribution in [1.82, 2.24) is 15.5 Å². The number of benzene rings is 1. The largest absolute Gasteiger partial charge is 0.357 e. The Bertz CT molecular complexity index is 612. The second-order valence-corrected chi connectivity index (χ2v) is 7.79. The van der Waals surface area contributed by atoms with Gasteiger partial charge in [-0.3, -0.25) is 4.99 Å². The van der Waals surface area contributed by atoms with Gasteiger partial charge < -0.3 is 15.5 Å². The fraction of sp³-hybridized carbons (Fsp3) is 0.667. The molecule has 1 heterocycles. The highest BCUT2D eigenvalue weighted by atomic mass is 19.1. The van der Waals surface area contributed by atoms with Crippen LogP contribution in [0.4, 0.5) is 4.39 Å². The van der Waals surface area contributed by atoms with Crippen molar-refractivity contribution < 1.29 is 4.39 Å². The van der Waals surface area contributed by atoms with Crippen LogP contribution in [0.15, 0.2) is 29.3 Å². The standard InChI is InChI=1S/C21H33FN4/c1-3-12-26-13-9-17(15-26)14-24-20(23-4-2)25-16-21(10-11-21)18-7-5-6-8-19(18)22/h5-8,17H,3-4,9-16H2,1-2H3,(H2,23,24,25). The first-order chi connectivity index (χ1) is 12.7. The summed E-state index contributed by atoms with van der Waals surface area (Å²) in [4.78, 5) is 7.34. The van der Waals surface area contributed by atoms with E-state index in [2.05, 4.69) is 29.4 Å². The van der Waals surface area contributed by atoms with Crippen molar-refractivity contribution in [2.45, 2.75) is 44.9 Å². The first-order valence-electron chi connectivity index (χ1n) is 10.2. The first-order valence-corrected chi connectivity index (χ1v) is 10.2. The molecule has 0 bridgehead atoms. The number of halogens is 1. The van der Waals surface area contributed by atoms with E-state index in [4.69, 9.17) is 4.99 Å². The van der Waals surface area contributed by atoms with Gasteiger partial charge in [0.2, 0.25) is 0 Å². The molecule has 0 amide bonds. The molecule has 1 saturated heterocycles. The Hall–Kier alpha value is -1.62. The van der Waals surface area contributed by atoms with E-state index in [9.17, 15) is 4.39 Å². The molecule has 1 aliphatic heterocycles. The van der Waals surface area contributed by atoms with Crippen LogP contribution in [0.1, 0.15) is 45.1 Å². The number of aliphatic imine (C=N–C) groups is 1. The van der Waals surface area contributed by atoms with Gasteiger partial charge >= 0.3 is 0 Å². The van der Waals surface area contributed by atoms with Gasteiger partial charge in [-0.25, -0.2) is 4.39 Å². The molecule has 3 rings (SSSR count). The zero-order chi connectivity index (χ0) is 18.4. The van der Waals surface area contributed by atoms with Gasteiger partial charge in [-0.15, -0.1) is 0 Å². The average Bonchev–Trinajstić information content (AvgIpc) is 3.30. The number of nitrogens with zero attached hydrogens (tertiary/aromatic N) is 2. The number of guanidine groups is 1. The van der Waals surface area contributed by atoms with E-state index in [0.29, 0.717) is 12.5 Å². The first kappa shape index (κ1) is 19.2. The third-order valence-electron chi connectivity index (χ3n) is 5.65. The summed E-state index contributed by atoms with van der Waals surface area (Å²) >= 11 is 0. The Kier molecular flexibility index (Phi) is 6.52. The van der Waals surface area contributed by atoms with Gasteiger partial charge in [-0.1, -0.05) is 25.1 Å². The maximum absolute atomic E-state index is 14.2. The van der Waals surface area contributed by atoms with Crippen LogP contribution in [0.3, 0.4) is 0 Å². The van der Waals surface area contributed by atoms with E-state index in [-0.39, 0.29) is 11.2 Å². The molecule has 1 aromatic rings. The Morgan fingerprint density at radius 1 is 1.27 bits per heavy atom. The summed E-state index contributed by atoms with van der Waals surface area (Å²) in [5.74, 6) is 1.45. The van der Waals surface area contributed by atoms with Crippen LogP contribution >= 0.6 is 0 Å². The van der Waals surface area contributed by atoms with Crippen molar-refractivity contribution >= 4 is 5.96 Å². The van der Waals surface area contributed by atoms with E-state index in [0.717, 1.165) is 37.5 Å². The zero-order valence-electron chi connectivity index (χ0n) is 16.2. The fourth-order valence-corrected chi connectivity index (χ4v) is 3.97. The zero-order valence-corrected chi connectivity index (χ0v) is 16.2. The quantitative estimate of drug-likeness (QED) is 0.553. The van der Waals surface area contributed by atoms with Crippen LogP contribution in [0.25, 0.3) is 0 Å². The van der Waals surface area contributed by atoms with Crippen LogP contribution in [-0.4, -0.2) is 50.1 Å². The Morgan fingerprint density at radius 2 is 2.08 bits per heavy atom. The molecule has 26 heavy (non-hydrogen) atoms. The minimum atomic E-state index is -0.0982. The molecule has 2 fully saturated rings. The second kappa shape index (κ2) is 8.85. The molecular weight excluding hydrogens is 327 g/mol. The number of hydrogen-bond donors (Lipinski definition) is 2. The minimum Gasteiger partial charge on any atom is -0.357 e.